The van der Waals surface area contributed by atoms with Crippen LogP contribution < -0.4 is 5.73 Å². The normalized spacial score (nSPS) is 30.8. The van der Waals surface area contributed by atoms with Gasteiger partial charge in [-0.25, -0.2) is 0 Å². The Morgan fingerprint density at radius 1 is 1.11 bits per heavy atom. The summed E-state index contributed by atoms with van der Waals surface area (Å²) >= 11 is 0. The fourth-order valence-corrected chi connectivity index (χ4v) is 3.74. The molecule has 1 saturated carbocycles. The number of benzene rings is 1. The van der Waals surface area contributed by atoms with E-state index in [0.717, 1.165) is 19.1 Å². The average Bonchev–Trinajstić information content (AvgIpc) is 2.32. The third kappa shape index (κ3) is 1.88. The van der Waals surface area contributed by atoms with Gasteiger partial charge in [0.1, 0.15) is 0 Å². The van der Waals surface area contributed by atoms with Gasteiger partial charge < -0.3 is 10.5 Å². The number of aryl methyl sites for hydroxylation is 1. The number of rotatable bonds is 2. The molecule has 1 saturated heterocycles. The van der Waals surface area contributed by atoms with Gasteiger partial charge in [-0.2, -0.15) is 0 Å². The van der Waals surface area contributed by atoms with E-state index in [1.807, 2.05) is 0 Å². The predicted molar refractivity (Wildman–Crippen MR) is 73.6 cm³/mol. The Hall–Kier alpha value is -0.860. The van der Waals surface area contributed by atoms with E-state index in [1.165, 1.54) is 36.8 Å². The van der Waals surface area contributed by atoms with Gasteiger partial charge in [-0.05, 0) is 49.7 Å². The summed E-state index contributed by atoms with van der Waals surface area (Å²) in [5.74, 6) is 0.757. The van der Waals surface area contributed by atoms with Crippen molar-refractivity contribution < 1.29 is 4.74 Å². The van der Waals surface area contributed by atoms with Crippen LogP contribution in [-0.4, -0.2) is 19.3 Å². The maximum absolute atomic E-state index is 6.04. The van der Waals surface area contributed by atoms with Crippen molar-refractivity contribution >= 4 is 0 Å². The van der Waals surface area contributed by atoms with Crippen LogP contribution in [0.15, 0.2) is 24.3 Å². The van der Waals surface area contributed by atoms with Crippen LogP contribution in [0.5, 0.6) is 0 Å². The number of hydrogen-bond acceptors (Lipinski definition) is 2. The summed E-state index contributed by atoms with van der Waals surface area (Å²) < 4.78 is 5.60. The van der Waals surface area contributed by atoms with Crippen molar-refractivity contribution in [1.29, 1.82) is 0 Å². The highest BCUT2D eigenvalue weighted by molar-refractivity contribution is 5.36. The molecule has 0 amide bonds. The van der Waals surface area contributed by atoms with Crippen LogP contribution in [0.3, 0.4) is 0 Å². The molecule has 1 aliphatic carbocycles. The molecule has 1 aromatic rings. The monoisotopic (exact) mass is 245 g/mol. The minimum Gasteiger partial charge on any atom is -0.379 e. The van der Waals surface area contributed by atoms with Gasteiger partial charge in [0.25, 0.3) is 0 Å². The molecule has 0 bridgehead atoms. The molecule has 1 aliphatic heterocycles. The van der Waals surface area contributed by atoms with Crippen LogP contribution >= 0.6 is 0 Å². The second-order valence-electron chi connectivity index (χ2n) is 6.08. The van der Waals surface area contributed by atoms with E-state index >= 15 is 0 Å². The van der Waals surface area contributed by atoms with Crippen molar-refractivity contribution in [2.75, 3.05) is 13.2 Å². The zero-order chi connectivity index (χ0) is 12.6. The van der Waals surface area contributed by atoms with Crippen LogP contribution in [-0.2, 0) is 10.2 Å². The molecule has 0 spiro atoms. The van der Waals surface area contributed by atoms with E-state index in [-0.39, 0.29) is 5.41 Å². The predicted octanol–water partition coefficient (Wildman–Crippen LogP) is 2.78. The first kappa shape index (κ1) is 12.2. The van der Waals surface area contributed by atoms with E-state index in [1.54, 1.807) is 0 Å². The van der Waals surface area contributed by atoms with Gasteiger partial charge in [0.2, 0.25) is 0 Å². The lowest BCUT2D eigenvalue weighted by Crippen LogP contribution is -2.54. The molecule has 98 valence electrons. The van der Waals surface area contributed by atoms with Gasteiger partial charge in [-0.3, -0.25) is 0 Å². The van der Waals surface area contributed by atoms with E-state index in [0.29, 0.717) is 6.04 Å². The molecule has 0 aromatic heterocycles. The molecule has 0 atom stereocenters. The quantitative estimate of drug-likeness (QED) is 0.869. The van der Waals surface area contributed by atoms with Crippen LogP contribution in [0.1, 0.15) is 36.8 Å². The zero-order valence-corrected chi connectivity index (χ0v) is 11.2. The molecule has 2 aliphatic rings. The maximum Gasteiger partial charge on any atom is 0.0588 e. The van der Waals surface area contributed by atoms with Crippen molar-refractivity contribution in [2.24, 2.45) is 11.7 Å². The molecular formula is C16H23NO. The third-order valence-electron chi connectivity index (χ3n) is 4.95. The average molecular weight is 245 g/mol. The Kier molecular flexibility index (Phi) is 3.16. The summed E-state index contributed by atoms with van der Waals surface area (Å²) in [5.41, 5.74) is 9.24. The Balaban J connectivity index is 1.88. The first-order valence-corrected chi connectivity index (χ1v) is 7.12. The Morgan fingerprint density at radius 3 is 2.33 bits per heavy atom. The summed E-state index contributed by atoms with van der Waals surface area (Å²) in [7, 11) is 0. The number of nitrogens with two attached hydrogens (primary N) is 1. The number of ether oxygens (including phenoxy) is 1. The molecule has 2 nitrogen and oxygen atoms in total. The van der Waals surface area contributed by atoms with E-state index in [2.05, 4.69) is 31.2 Å². The lowest BCUT2D eigenvalue weighted by atomic mass is 9.62. The Labute approximate surface area is 110 Å². The highest BCUT2D eigenvalue weighted by Crippen LogP contribution is 2.46. The van der Waals surface area contributed by atoms with Crippen molar-refractivity contribution in [3.05, 3.63) is 35.4 Å². The van der Waals surface area contributed by atoms with E-state index in [9.17, 15) is 0 Å². The summed E-state index contributed by atoms with van der Waals surface area (Å²) in [6, 6.07) is 9.24. The molecule has 2 heteroatoms. The highest BCUT2D eigenvalue weighted by atomic mass is 16.5. The molecule has 0 radical (unpaired) electrons. The standard InChI is InChI=1S/C16H23NO/c1-12-4-2-3-5-15(12)16(10-18-11-16)13-6-8-14(17)9-7-13/h2-5,13-14H,6-11,17H2,1H3. The van der Waals surface area contributed by atoms with Gasteiger partial charge in [0, 0.05) is 11.5 Å². The van der Waals surface area contributed by atoms with Crippen molar-refractivity contribution in [1.82, 2.24) is 0 Å². The minimum absolute atomic E-state index is 0.283. The zero-order valence-electron chi connectivity index (χ0n) is 11.2. The maximum atomic E-state index is 6.04. The summed E-state index contributed by atoms with van der Waals surface area (Å²) in [6.45, 7) is 4.03. The second kappa shape index (κ2) is 4.67. The lowest BCUT2D eigenvalue weighted by molar-refractivity contribution is -0.0987. The summed E-state index contributed by atoms with van der Waals surface area (Å²) in [4.78, 5) is 0. The molecule has 3 rings (SSSR count). The van der Waals surface area contributed by atoms with Gasteiger partial charge in [0.15, 0.2) is 0 Å². The highest BCUT2D eigenvalue weighted by Gasteiger charge is 2.48. The van der Waals surface area contributed by atoms with Crippen LogP contribution in [0.25, 0.3) is 0 Å². The summed E-state index contributed by atoms with van der Waals surface area (Å²) in [6.07, 6.45) is 4.88. The van der Waals surface area contributed by atoms with E-state index in [4.69, 9.17) is 10.5 Å². The minimum atomic E-state index is 0.283. The Bertz CT molecular complexity index is 417. The molecule has 18 heavy (non-hydrogen) atoms. The topological polar surface area (TPSA) is 35.2 Å². The fourth-order valence-electron chi connectivity index (χ4n) is 3.74. The van der Waals surface area contributed by atoms with Gasteiger partial charge in [-0.1, -0.05) is 24.3 Å². The van der Waals surface area contributed by atoms with Gasteiger partial charge >= 0.3 is 0 Å². The third-order valence-corrected chi connectivity index (χ3v) is 4.95. The van der Waals surface area contributed by atoms with Crippen LogP contribution in [0.4, 0.5) is 0 Å². The van der Waals surface area contributed by atoms with Crippen LogP contribution in [0.2, 0.25) is 0 Å². The van der Waals surface area contributed by atoms with Crippen molar-refractivity contribution in [2.45, 2.75) is 44.1 Å². The smallest absolute Gasteiger partial charge is 0.0588 e. The Morgan fingerprint density at radius 2 is 1.78 bits per heavy atom. The largest absolute Gasteiger partial charge is 0.379 e. The molecular weight excluding hydrogens is 222 g/mol. The fraction of sp³-hybridized carbons (Fsp3) is 0.625. The SMILES string of the molecule is Cc1ccccc1C1(C2CCC(N)CC2)COC1. The molecule has 2 fully saturated rings. The second-order valence-corrected chi connectivity index (χ2v) is 6.08. The summed E-state index contributed by atoms with van der Waals surface area (Å²) in [5, 5.41) is 0. The molecule has 1 aromatic carbocycles. The van der Waals surface area contributed by atoms with Gasteiger partial charge in [0.05, 0.1) is 13.2 Å². The first-order valence-electron chi connectivity index (χ1n) is 7.12. The van der Waals surface area contributed by atoms with Crippen molar-refractivity contribution in [3.8, 4) is 0 Å². The molecule has 2 N–H and O–H groups in total. The lowest BCUT2D eigenvalue weighted by Gasteiger charge is -2.50. The van der Waals surface area contributed by atoms with Crippen LogP contribution in [0, 0.1) is 12.8 Å². The van der Waals surface area contributed by atoms with E-state index < -0.39 is 0 Å². The van der Waals surface area contributed by atoms with Gasteiger partial charge in [-0.15, -0.1) is 0 Å². The first-order chi connectivity index (χ1) is 8.72. The molecule has 0 unspecified atom stereocenters. The number of hydrogen-bond donors (Lipinski definition) is 1. The molecule has 1 heterocycles. The van der Waals surface area contributed by atoms with Crippen molar-refractivity contribution in [3.63, 3.8) is 0 Å².